The molecule has 5 heteroatoms. The van der Waals surface area contributed by atoms with Crippen LogP contribution in [0, 0.1) is 11.3 Å². The van der Waals surface area contributed by atoms with Crippen LogP contribution in [0.5, 0.6) is 5.75 Å². The van der Waals surface area contributed by atoms with E-state index in [1.165, 1.54) is 18.2 Å². The van der Waals surface area contributed by atoms with E-state index in [2.05, 4.69) is 0 Å². The molecule has 94 valence electrons. The fourth-order valence-corrected chi connectivity index (χ4v) is 1.30. The van der Waals surface area contributed by atoms with E-state index >= 15 is 0 Å². The molecule has 0 saturated heterocycles. The third kappa shape index (κ3) is 3.17. The largest absolute Gasteiger partial charge is 0.508 e. The Bertz CT molecular complexity index is 510. The number of hydrogen-bond donors (Lipinski definition) is 3. The zero-order valence-corrected chi connectivity index (χ0v) is 10.1. The number of phenolic OH excluding ortho intramolecular Hbond substituents is 1. The third-order valence-corrected chi connectivity index (χ3v) is 2.58. The fraction of sp³-hybridized carbons (Fsp3) is 0.231. The van der Waals surface area contributed by atoms with E-state index < -0.39 is 11.4 Å². The predicted octanol–water partition coefficient (Wildman–Crippen LogP) is 0.892. The van der Waals surface area contributed by atoms with Gasteiger partial charge in [0.2, 0.25) is 5.78 Å². The first kappa shape index (κ1) is 13.9. The minimum atomic E-state index is -1.53. The van der Waals surface area contributed by atoms with E-state index in [0.717, 1.165) is 0 Å². The Kier molecular flexibility index (Phi) is 4.21. The van der Waals surface area contributed by atoms with Crippen molar-refractivity contribution in [2.45, 2.75) is 19.0 Å². The maximum absolute atomic E-state index is 11.9. The van der Waals surface area contributed by atoms with Gasteiger partial charge in [-0.25, -0.2) is 0 Å². The van der Waals surface area contributed by atoms with Gasteiger partial charge in [0, 0.05) is 0 Å². The Balaban J connectivity index is 3.08. The Morgan fingerprint density at radius 3 is 2.44 bits per heavy atom. The van der Waals surface area contributed by atoms with Crippen molar-refractivity contribution in [3.8, 4) is 11.8 Å². The molecule has 0 radical (unpaired) electrons. The van der Waals surface area contributed by atoms with Crippen LogP contribution in [-0.4, -0.2) is 16.6 Å². The van der Waals surface area contributed by atoms with Gasteiger partial charge in [-0.3, -0.25) is 4.79 Å². The van der Waals surface area contributed by atoms with E-state index in [1.807, 2.05) is 0 Å². The summed E-state index contributed by atoms with van der Waals surface area (Å²) in [4.78, 5) is 11.9. The van der Waals surface area contributed by atoms with Crippen molar-refractivity contribution in [2.75, 3.05) is 0 Å². The van der Waals surface area contributed by atoms with Crippen LogP contribution in [0.15, 0.2) is 29.8 Å². The quantitative estimate of drug-likeness (QED) is 0.414. The van der Waals surface area contributed by atoms with E-state index in [0.29, 0.717) is 5.56 Å². The molecule has 0 spiro atoms. The number of nitriles is 1. The van der Waals surface area contributed by atoms with Crippen molar-refractivity contribution in [3.63, 3.8) is 0 Å². The summed E-state index contributed by atoms with van der Waals surface area (Å²) in [6.45, 7) is 1.67. The number of ketones is 1. The van der Waals surface area contributed by atoms with Gasteiger partial charge in [0.25, 0.3) is 0 Å². The summed E-state index contributed by atoms with van der Waals surface area (Å²) >= 11 is 0. The summed E-state index contributed by atoms with van der Waals surface area (Å²) in [5, 5.41) is 18.1. The molecule has 0 aliphatic rings. The summed E-state index contributed by atoms with van der Waals surface area (Å²) in [6, 6.07) is 7.89. The smallest absolute Gasteiger partial charge is 0.207 e. The average molecular weight is 245 g/mol. The van der Waals surface area contributed by atoms with Gasteiger partial charge in [0.1, 0.15) is 17.5 Å². The van der Waals surface area contributed by atoms with Crippen molar-refractivity contribution >= 4 is 11.9 Å². The molecule has 1 aromatic rings. The molecule has 0 saturated carbocycles. The molecule has 1 rings (SSSR count). The first-order valence-electron chi connectivity index (χ1n) is 5.44. The number of nitrogens with zero attached hydrogens (tertiary/aromatic N) is 1. The molecule has 5 N–H and O–H groups in total. The lowest BCUT2D eigenvalue weighted by Gasteiger charge is -2.19. The Morgan fingerprint density at radius 2 is 2.00 bits per heavy atom. The number of carbonyl (C=O) groups is 1. The van der Waals surface area contributed by atoms with Crippen LogP contribution in [0.4, 0.5) is 0 Å². The average Bonchev–Trinajstić information content (AvgIpc) is 2.37. The molecule has 0 fully saturated rings. The summed E-state index contributed by atoms with van der Waals surface area (Å²) in [5.74, 6) is -0.488. The van der Waals surface area contributed by atoms with E-state index in [1.54, 1.807) is 25.1 Å². The van der Waals surface area contributed by atoms with E-state index in [9.17, 15) is 4.79 Å². The van der Waals surface area contributed by atoms with Gasteiger partial charge in [-0.1, -0.05) is 19.1 Å². The standard InChI is InChI=1S/C13H15N3O2/c1-2-13(15,16)12(18)10(8-14)7-9-3-5-11(17)6-4-9/h3-7,17H,2,15-16H2,1H3. The number of phenols is 1. The number of Topliss-reactive ketones (excluding diaryl/α,β-unsaturated/α-hetero) is 1. The lowest BCUT2D eigenvalue weighted by atomic mass is 9.96. The molecule has 0 heterocycles. The van der Waals surface area contributed by atoms with Gasteiger partial charge in [-0.15, -0.1) is 0 Å². The lowest BCUT2D eigenvalue weighted by Crippen LogP contribution is -2.56. The minimum absolute atomic E-state index is 0.104. The van der Waals surface area contributed by atoms with Gasteiger partial charge >= 0.3 is 0 Å². The first-order valence-corrected chi connectivity index (χ1v) is 5.44. The van der Waals surface area contributed by atoms with Crippen LogP contribution >= 0.6 is 0 Å². The molecule has 0 aromatic heterocycles. The van der Waals surface area contributed by atoms with Crippen LogP contribution in [0.2, 0.25) is 0 Å². The lowest BCUT2D eigenvalue weighted by molar-refractivity contribution is -0.120. The van der Waals surface area contributed by atoms with Crippen LogP contribution in [0.1, 0.15) is 18.9 Å². The number of nitrogens with two attached hydrogens (primary N) is 2. The highest BCUT2D eigenvalue weighted by molar-refractivity contribution is 6.08. The summed E-state index contributed by atoms with van der Waals surface area (Å²) in [7, 11) is 0. The SMILES string of the molecule is CCC(N)(N)C(=O)C(C#N)=Cc1ccc(O)cc1. The highest BCUT2D eigenvalue weighted by Crippen LogP contribution is 2.15. The van der Waals surface area contributed by atoms with Gasteiger partial charge in [-0.2, -0.15) is 5.26 Å². The first-order chi connectivity index (χ1) is 8.40. The molecule has 0 aliphatic heterocycles. The monoisotopic (exact) mass is 245 g/mol. The van der Waals surface area contributed by atoms with Crippen LogP contribution in [-0.2, 0) is 4.79 Å². The molecule has 0 atom stereocenters. The summed E-state index contributed by atoms with van der Waals surface area (Å²) in [6.07, 6.45) is 1.63. The van der Waals surface area contributed by atoms with Crippen LogP contribution < -0.4 is 11.5 Å². The molecule has 0 bridgehead atoms. The molecule has 5 nitrogen and oxygen atoms in total. The number of hydrogen-bond acceptors (Lipinski definition) is 5. The van der Waals surface area contributed by atoms with E-state index in [4.69, 9.17) is 21.8 Å². The predicted molar refractivity (Wildman–Crippen MR) is 68.1 cm³/mol. The topological polar surface area (TPSA) is 113 Å². The molecular formula is C13H15N3O2. The van der Waals surface area contributed by atoms with Crippen molar-refractivity contribution in [2.24, 2.45) is 11.5 Å². The van der Waals surface area contributed by atoms with Crippen LogP contribution in [0.3, 0.4) is 0 Å². The highest BCUT2D eigenvalue weighted by atomic mass is 16.3. The van der Waals surface area contributed by atoms with Crippen molar-refractivity contribution in [1.82, 2.24) is 0 Å². The second kappa shape index (κ2) is 5.45. The van der Waals surface area contributed by atoms with Gasteiger partial charge < -0.3 is 16.6 Å². The molecule has 0 aliphatic carbocycles. The Labute approximate surface area is 105 Å². The fourth-order valence-electron chi connectivity index (χ4n) is 1.30. The highest BCUT2D eigenvalue weighted by Gasteiger charge is 2.29. The van der Waals surface area contributed by atoms with Crippen molar-refractivity contribution < 1.29 is 9.90 Å². The number of rotatable bonds is 4. The Hall–Kier alpha value is -2.16. The zero-order valence-electron chi connectivity index (χ0n) is 10.1. The molecule has 0 amide bonds. The number of aromatic hydroxyl groups is 1. The van der Waals surface area contributed by atoms with Crippen molar-refractivity contribution in [1.29, 1.82) is 5.26 Å². The number of carbonyl (C=O) groups excluding carboxylic acids is 1. The third-order valence-electron chi connectivity index (χ3n) is 2.58. The molecule has 0 unspecified atom stereocenters. The molecular weight excluding hydrogens is 230 g/mol. The maximum Gasteiger partial charge on any atom is 0.207 e. The van der Waals surface area contributed by atoms with Gasteiger partial charge in [0.15, 0.2) is 0 Å². The van der Waals surface area contributed by atoms with Crippen molar-refractivity contribution in [3.05, 3.63) is 35.4 Å². The number of benzene rings is 1. The van der Waals surface area contributed by atoms with Gasteiger partial charge in [0.05, 0.1) is 5.57 Å². The zero-order chi connectivity index (χ0) is 13.8. The second-order valence-corrected chi connectivity index (χ2v) is 3.98. The molecule has 1 aromatic carbocycles. The Morgan fingerprint density at radius 1 is 1.44 bits per heavy atom. The normalized spacial score (nSPS) is 12.0. The summed E-state index contributed by atoms with van der Waals surface area (Å²) in [5.41, 5.74) is 10.2. The van der Waals surface area contributed by atoms with Gasteiger partial charge in [-0.05, 0) is 30.2 Å². The second-order valence-electron chi connectivity index (χ2n) is 3.98. The minimum Gasteiger partial charge on any atom is -0.508 e. The summed E-state index contributed by atoms with van der Waals surface area (Å²) < 4.78 is 0. The van der Waals surface area contributed by atoms with E-state index in [-0.39, 0.29) is 17.7 Å². The van der Waals surface area contributed by atoms with Crippen LogP contribution in [0.25, 0.3) is 6.08 Å². The maximum atomic E-state index is 11.9. The molecule has 18 heavy (non-hydrogen) atoms.